The Morgan fingerprint density at radius 1 is 1.34 bits per heavy atom. The summed E-state index contributed by atoms with van der Waals surface area (Å²) in [5.74, 6) is -0.607. The van der Waals surface area contributed by atoms with Crippen LogP contribution in [0.5, 0.6) is 0 Å². The summed E-state index contributed by atoms with van der Waals surface area (Å²) in [6.45, 7) is 4.58. The predicted octanol–water partition coefficient (Wildman–Crippen LogP) is 2.30. The number of carbonyl (C=O) groups excluding carboxylic acids is 2. The number of ether oxygens (including phenoxy) is 1. The predicted molar refractivity (Wildman–Crippen MR) is 128 cm³/mol. The molecular weight excluding hydrogens is 471 g/mol. The highest BCUT2D eigenvalue weighted by molar-refractivity contribution is 7.11. The maximum Gasteiger partial charge on any atom is 0.338 e. The van der Waals surface area contributed by atoms with Gasteiger partial charge in [0.2, 0.25) is 5.91 Å². The van der Waals surface area contributed by atoms with Gasteiger partial charge in [-0.15, -0.1) is 11.3 Å². The highest BCUT2D eigenvalue weighted by Crippen LogP contribution is 2.36. The lowest BCUT2D eigenvalue weighted by Gasteiger charge is -2.32. The molecule has 0 spiro atoms. The third-order valence-electron chi connectivity index (χ3n) is 6.27. The Kier molecular flexibility index (Phi) is 6.25. The molecule has 5 rings (SSSR count). The van der Waals surface area contributed by atoms with E-state index >= 15 is 0 Å². The van der Waals surface area contributed by atoms with Crippen LogP contribution in [0.25, 0.3) is 0 Å². The molecule has 3 N–H and O–H groups in total. The van der Waals surface area contributed by atoms with Crippen LogP contribution in [0.2, 0.25) is 0 Å². The number of nitrogens with one attached hydrogen (secondary N) is 3. The number of rotatable bonds is 6. The lowest BCUT2D eigenvalue weighted by Crippen LogP contribution is -2.40. The summed E-state index contributed by atoms with van der Waals surface area (Å²) < 4.78 is 20.0. The lowest BCUT2D eigenvalue weighted by atomic mass is 9.92. The van der Waals surface area contributed by atoms with Crippen LogP contribution in [0, 0.1) is 18.7 Å². The number of aliphatic imine (C=N–C) groups is 1. The van der Waals surface area contributed by atoms with E-state index in [1.54, 1.807) is 32.2 Å². The number of amidine groups is 1. The van der Waals surface area contributed by atoms with E-state index in [1.165, 1.54) is 17.4 Å². The van der Waals surface area contributed by atoms with Gasteiger partial charge in [0.1, 0.15) is 11.9 Å². The van der Waals surface area contributed by atoms with E-state index in [9.17, 15) is 14.0 Å². The molecule has 4 heterocycles. The van der Waals surface area contributed by atoms with Gasteiger partial charge in [-0.05, 0) is 37.5 Å². The van der Waals surface area contributed by atoms with Crippen molar-refractivity contribution < 1.29 is 18.7 Å². The van der Waals surface area contributed by atoms with Gasteiger partial charge in [0.25, 0.3) is 0 Å². The first-order valence-electron chi connectivity index (χ1n) is 11.4. The van der Waals surface area contributed by atoms with E-state index in [-0.39, 0.29) is 24.2 Å². The molecule has 35 heavy (non-hydrogen) atoms. The maximum atomic E-state index is 14.5. The second-order valence-corrected chi connectivity index (χ2v) is 9.31. The summed E-state index contributed by atoms with van der Waals surface area (Å²) in [6, 6.07) is 4.02. The van der Waals surface area contributed by atoms with Gasteiger partial charge in [0, 0.05) is 30.0 Å². The molecule has 0 bridgehead atoms. The van der Waals surface area contributed by atoms with E-state index in [0.717, 1.165) is 5.70 Å². The SMILES string of the molecule is CCOC(=O)C1=C(CN2C=C3NNC(=O)C3CC2)NC(c2nccs2)=N[C@H]1c1cccc(F)c1C. The minimum absolute atomic E-state index is 0.0436. The van der Waals surface area contributed by atoms with Crippen molar-refractivity contribution in [2.45, 2.75) is 26.3 Å². The zero-order chi connectivity index (χ0) is 24.5. The van der Waals surface area contributed by atoms with Crippen molar-refractivity contribution in [2.24, 2.45) is 10.9 Å². The fraction of sp³-hybridized carbons (Fsp3) is 0.333. The molecule has 1 fully saturated rings. The van der Waals surface area contributed by atoms with Gasteiger partial charge in [0.15, 0.2) is 10.8 Å². The molecule has 2 atom stereocenters. The molecule has 2 aromatic rings. The fourth-order valence-electron chi connectivity index (χ4n) is 4.51. The summed E-state index contributed by atoms with van der Waals surface area (Å²) >= 11 is 1.42. The number of thiazole rings is 1. The summed E-state index contributed by atoms with van der Waals surface area (Å²) in [4.78, 5) is 36.5. The van der Waals surface area contributed by atoms with Crippen molar-refractivity contribution in [3.63, 3.8) is 0 Å². The summed E-state index contributed by atoms with van der Waals surface area (Å²) in [6.07, 6.45) is 4.22. The quantitative estimate of drug-likeness (QED) is 0.527. The Morgan fingerprint density at radius 2 is 2.20 bits per heavy atom. The molecule has 3 aliphatic heterocycles. The Bertz CT molecular complexity index is 1260. The van der Waals surface area contributed by atoms with Crippen molar-refractivity contribution in [1.82, 2.24) is 26.1 Å². The normalized spacial score (nSPS) is 21.5. The molecule has 0 saturated carbocycles. The number of hydrazine groups is 1. The van der Waals surface area contributed by atoms with Crippen LogP contribution in [0.3, 0.4) is 0 Å². The largest absolute Gasteiger partial charge is 0.463 e. The van der Waals surface area contributed by atoms with E-state index in [1.807, 2.05) is 16.5 Å². The van der Waals surface area contributed by atoms with Crippen molar-refractivity contribution in [3.8, 4) is 0 Å². The smallest absolute Gasteiger partial charge is 0.338 e. The van der Waals surface area contributed by atoms with E-state index in [0.29, 0.717) is 52.8 Å². The topological polar surface area (TPSA) is 108 Å². The fourth-order valence-corrected chi connectivity index (χ4v) is 5.09. The van der Waals surface area contributed by atoms with Crippen LogP contribution in [0.4, 0.5) is 4.39 Å². The molecule has 3 aliphatic rings. The van der Waals surface area contributed by atoms with Crippen LogP contribution in [-0.4, -0.2) is 47.3 Å². The van der Waals surface area contributed by atoms with Gasteiger partial charge in [-0.1, -0.05) is 12.1 Å². The van der Waals surface area contributed by atoms with Crippen molar-refractivity contribution in [3.05, 3.63) is 74.9 Å². The second-order valence-electron chi connectivity index (χ2n) is 8.42. The summed E-state index contributed by atoms with van der Waals surface area (Å²) in [7, 11) is 0. The highest BCUT2D eigenvalue weighted by Gasteiger charge is 2.36. The van der Waals surface area contributed by atoms with E-state index in [4.69, 9.17) is 9.73 Å². The number of halogens is 1. The zero-order valence-electron chi connectivity index (χ0n) is 19.3. The second kappa shape index (κ2) is 9.49. The lowest BCUT2D eigenvalue weighted by molar-refractivity contribution is -0.139. The number of hydrogen-bond acceptors (Lipinski definition) is 9. The standard InChI is InChI=1S/C24H25FN6O3S/c1-3-34-24(33)19-18(12-31-9-7-15-17(11-31)29-30-22(15)32)27-21(23-26-8-10-35-23)28-20(19)14-5-4-6-16(25)13(14)2/h4-6,8,10-11,15,20,29H,3,7,9,12H2,1-2H3,(H,27,28)(H,30,32)/t15?,20-/m0/s1. The molecule has 9 nitrogen and oxygen atoms in total. The minimum Gasteiger partial charge on any atom is -0.463 e. The van der Waals surface area contributed by atoms with Crippen LogP contribution in [0.1, 0.15) is 35.5 Å². The average molecular weight is 497 g/mol. The van der Waals surface area contributed by atoms with Crippen molar-refractivity contribution in [1.29, 1.82) is 0 Å². The van der Waals surface area contributed by atoms with Crippen LogP contribution in [-0.2, 0) is 14.3 Å². The minimum atomic E-state index is -0.766. The first kappa shape index (κ1) is 23.0. The molecule has 1 amide bonds. The number of hydrogen-bond donors (Lipinski definition) is 3. The third-order valence-corrected chi connectivity index (χ3v) is 7.05. The molecular formula is C24H25FN6O3S. The molecule has 0 aliphatic carbocycles. The Hall–Kier alpha value is -3.73. The highest BCUT2D eigenvalue weighted by atomic mass is 32.1. The van der Waals surface area contributed by atoms with Gasteiger partial charge in [-0.3, -0.25) is 15.2 Å². The molecule has 1 aromatic heterocycles. The molecule has 182 valence electrons. The van der Waals surface area contributed by atoms with Gasteiger partial charge in [0.05, 0.1) is 30.3 Å². The third kappa shape index (κ3) is 4.39. The molecule has 11 heteroatoms. The Labute approximate surface area is 205 Å². The number of fused-ring (bicyclic) bond motifs is 1. The van der Waals surface area contributed by atoms with Crippen molar-refractivity contribution >= 4 is 29.0 Å². The number of esters is 1. The first-order valence-corrected chi connectivity index (χ1v) is 12.3. The Balaban J connectivity index is 1.59. The number of aromatic nitrogens is 1. The zero-order valence-corrected chi connectivity index (χ0v) is 20.1. The van der Waals surface area contributed by atoms with Gasteiger partial charge in [-0.25, -0.2) is 14.2 Å². The molecule has 1 unspecified atom stereocenters. The number of nitrogens with zero attached hydrogens (tertiary/aromatic N) is 3. The van der Waals surface area contributed by atoms with Gasteiger partial charge >= 0.3 is 5.97 Å². The monoisotopic (exact) mass is 496 g/mol. The van der Waals surface area contributed by atoms with E-state index in [2.05, 4.69) is 21.2 Å². The first-order chi connectivity index (χ1) is 17.0. The van der Waals surface area contributed by atoms with Gasteiger partial charge < -0.3 is 20.4 Å². The summed E-state index contributed by atoms with van der Waals surface area (Å²) in [5, 5.41) is 5.81. The van der Waals surface area contributed by atoms with E-state index < -0.39 is 12.0 Å². The van der Waals surface area contributed by atoms with Crippen LogP contribution >= 0.6 is 11.3 Å². The van der Waals surface area contributed by atoms with Crippen molar-refractivity contribution in [2.75, 3.05) is 19.7 Å². The number of benzene rings is 1. The Morgan fingerprint density at radius 3 is 2.97 bits per heavy atom. The molecule has 1 aromatic carbocycles. The summed E-state index contributed by atoms with van der Waals surface area (Å²) in [5.41, 5.74) is 8.31. The van der Waals surface area contributed by atoms with Crippen LogP contribution < -0.4 is 16.2 Å². The van der Waals surface area contributed by atoms with Crippen LogP contribution in [0.15, 0.2) is 57.9 Å². The molecule has 0 radical (unpaired) electrons. The average Bonchev–Trinajstić information content (AvgIpc) is 3.51. The maximum absolute atomic E-state index is 14.5. The molecule has 1 saturated heterocycles. The number of carbonyl (C=O) groups is 2. The van der Waals surface area contributed by atoms with Gasteiger partial charge in [-0.2, -0.15) is 0 Å². The number of amides is 1.